The Morgan fingerprint density at radius 1 is 1.07 bits per heavy atom. The van der Waals surface area contributed by atoms with Gasteiger partial charge in [-0.25, -0.2) is 18.4 Å². The van der Waals surface area contributed by atoms with Crippen molar-refractivity contribution in [2.75, 3.05) is 37.4 Å². The van der Waals surface area contributed by atoms with E-state index in [0.29, 0.717) is 22.6 Å². The Labute approximate surface area is 265 Å². The van der Waals surface area contributed by atoms with E-state index in [2.05, 4.69) is 32.7 Å². The van der Waals surface area contributed by atoms with E-state index < -0.39 is 28.8 Å². The molecule has 15 heteroatoms. The van der Waals surface area contributed by atoms with Crippen molar-refractivity contribution in [2.24, 2.45) is 10.9 Å². The van der Waals surface area contributed by atoms with Gasteiger partial charge in [-0.05, 0) is 68.4 Å². The molecule has 2 aromatic carbocycles. The molecule has 2 aliphatic rings. The van der Waals surface area contributed by atoms with E-state index in [1.807, 2.05) is 6.07 Å². The first-order valence-corrected chi connectivity index (χ1v) is 16.5. The van der Waals surface area contributed by atoms with Crippen molar-refractivity contribution in [1.82, 2.24) is 14.8 Å². The molecular weight excluding hydrogens is 623 g/mol. The molecule has 0 bridgehead atoms. The molecule has 11 nitrogen and oxygen atoms in total. The van der Waals surface area contributed by atoms with E-state index in [4.69, 9.17) is 15.6 Å². The number of halogens is 3. The molecule has 0 radical (unpaired) electrons. The molecule has 1 atom stereocenters. The lowest BCUT2D eigenvalue weighted by Gasteiger charge is -2.35. The van der Waals surface area contributed by atoms with Gasteiger partial charge in [0.25, 0.3) is 0 Å². The van der Waals surface area contributed by atoms with E-state index in [1.165, 1.54) is 29.9 Å². The second-order valence-corrected chi connectivity index (χ2v) is 13.2. The standard InChI is InChI=1S/C31H38F3N7O4S/c1-45-29-17-24(46(36,43)44)11-12-27(29)37-14-3-4-23-16-25-26(5-2-6-28(25)41(23)19-31(32,33)34)38-20-7-9-22(10-8-20)40-15-13-21(18-40)39-30(35)42/h2,5-6,11-12,16-17,20-22,37-38H,7-10,13-15,18-19H2,1H3,(H3,35,39,42)(H2,36,43,44). The van der Waals surface area contributed by atoms with Gasteiger partial charge in [0, 0.05) is 48.4 Å². The SMILES string of the molecule is COc1cc(S(N)(=O)=O)ccc1NCC#Cc1cc2c(NC3CCC(N4CCC(NC(N)=O)C4)CC3)cccc2n1CC(F)(F)F. The minimum absolute atomic E-state index is 0.0589. The fourth-order valence-corrected chi connectivity index (χ4v) is 6.90. The molecule has 1 saturated carbocycles. The van der Waals surface area contributed by atoms with Gasteiger partial charge in [0.1, 0.15) is 12.3 Å². The first kappa shape index (κ1) is 33.2. The molecule has 2 amide bonds. The van der Waals surface area contributed by atoms with Crippen molar-refractivity contribution in [3.63, 3.8) is 0 Å². The number of nitrogens with zero attached hydrogens (tertiary/aromatic N) is 2. The number of anilines is 2. The van der Waals surface area contributed by atoms with E-state index in [1.54, 1.807) is 18.2 Å². The van der Waals surface area contributed by atoms with Gasteiger partial charge in [-0.3, -0.25) is 4.90 Å². The van der Waals surface area contributed by atoms with Crippen molar-refractivity contribution in [3.05, 3.63) is 48.2 Å². The van der Waals surface area contributed by atoms with Crippen molar-refractivity contribution < 1.29 is 31.1 Å². The summed E-state index contributed by atoms with van der Waals surface area (Å²) in [5.41, 5.74) is 7.14. The zero-order valence-electron chi connectivity index (χ0n) is 25.4. The fourth-order valence-electron chi connectivity index (χ4n) is 6.38. The Morgan fingerprint density at radius 3 is 2.50 bits per heavy atom. The van der Waals surface area contributed by atoms with Gasteiger partial charge >= 0.3 is 12.2 Å². The number of primary amides is 1. The molecule has 2 fully saturated rings. The summed E-state index contributed by atoms with van der Waals surface area (Å²) in [5, 5.41) is 15.2. The van der Waals surface area contributed by atoms with Crippen molar-refractivity contribution in [1.29, 1.82) is 0 Å². The van der Waals surface area contributed by atoms with Crippen LogP contribution in [0.2, 0.25) is 0 Å². The van der Waals surface area contributed by atoms with Crippen LogP contribution in [0.5, 0.6) is 5.75 Å². The molecule has 7 N–H and O–H groups in total. The van der Waals surface area contributed by atoms with Crippen LogP contribution >= 0.6 is 0 Å². The maximum Gasteiger partial charge on any atom is 0.406 e. The number of nitrogens with two attached hydrogens (primary N) is 2. The van der Waals surface area contributed by atoms with E-state index >= 15 is 0 Å². The van der Waals surface area contributed by atoms with Crippen LogP contribution in [0.15, 0.2) is 47.4 Å². The molecule has 0 spiro atoms. The van der Waals surface area contributed by atoms with Crippen LogP contribution < -0.4 is 31.6 Å². The smallest absolute Gasteiger partial charge is 0.406 e. The number of hydrogen-bond donors (Lipinski definition) is 5. The second-order valence-electron chi connectivity index (χ2n) is 11.7. The predicted octanol–water partition coefficient (Wildman–Crippen LogP) is 3.79. The van der Waals surface area contributed by atoms with Crippen molar-refractivity contribution in [2.45, 2.75) is 67.8 Å². The van der Waals surface area contributed by atoms with Crippen LogP contribution in [-0.4, -0.2) is 75.0 Å². The maximum absolute atomic E-state index is 13.7. The first-order valence-electron chi connectivity index (χ1n) is 15.0. The van der Waals surface area contributed by atoms with Crippen LogP contribution in [0, 0.1) is 11.8 Å². The molecule has 1 saturated heterocycles. The van der Waals surface area contributed by atoms with Gasteiger partial charge in [0.15, 0.2) is 0 Å². The summed E-state index contributed by atoms with van der Waals surface area (Å²) < 4.78 is 70.7. The fraction of sp³-hybridized carbons (Fsp3) is 0.452. The number of alkyl halides is 3. The van der Waals surface area contributed by atoms with Crippen LogP contribution in [0.1, 0.15) is 37.8 Å². The summed E-state index contributed by atoms with van der Waals surface area (Å²) in [6.07, 6.45) is 0.199. The lowest BCUT2D eigenvalue weighted by molar-refractivity contribution is -0.140. The molecular formula is C31H38F3N7O4S. The number of carbonyl (C=O) groups is 1. The number of hydrogen-bond acceptors (Lipinski definition) is 7. The van der Waals surface area contributed by atoms with Gasteiger partial charge in [-0.2, -0.15) is 13.2 Å². The Hall–Kier alpha value is -4.13. The number of sulfonamides is 1. The molecule has 1 aliphatic heterocycles. The average Bonchev–Trinajstić information content (AvgIpc) is 3.59. The summed E-state index contributed by atoms with van der Waals surface area (Å²) in [6, 6.07) is 11.2. The van der Waals surface area contributed by atoms with E-state index in [9.17, 15) is 26.4 Å². The van der Waals surface area contributed by atoms with E-state index in [-0.39, 0.29) is 35.0 Å². The number of likely N-dealkylation sites (tertiary alicyclic amines) is 1. The number of primary sulfonamides is 1. The van der Waals surface area contributed by atoms with Gasteiger partial charge in [0.05, 0.1) is 35.4 Å². The number of rotatable bonds is 9. The highest BCUT2D eigenvalue weighted by Gasteiger charge is 2.32. The summed E-state index contributed by atoms with van der Waals surface area (Å²) in [7, 11) is -2.55. The molecule has 1 aliphatic carbocycles. The second kappa shape index (κ2) is 13.7. The molecule has 46 heavy (non-hydrogen) atoms. The number of nitrogens with one attached hydrogen (secondary N) is 3. The molecule has 3 aromatic rings. The number of fused-ring (bicyclic) bond motifs is 1. The molecule has 5 rings (SSSR count). The molecule has 2 heterocycles. The van der Waals surface area contributed by atoms with Crippen LogP contribution in [-0.2, 0) is 16.6 Å². The number of ether oxygens (including phenoxy) is 1. The Bertz CT molecular complexity index is 1740. The summed E-state index contributed by atoms with van der Waals surface area (Å²) in [6.45, 7) is 0.573. The summed E-state index contributed by atoms with van der Waals surface area (Å²) in [4.78, 5) is 13.5. The number of carbonyl (C=O) groups excluding carboxylic acids is 1. The first-order chi connectivity index (χ1) is 21.8. The van der Waals surface area contributed by atoms with Gasteiger partial charge < -0.3 is 31.0 Å². The normalized spacial score (nSPS) is 20.6. The third-order valence-corrected chi connectivity index (χ3v) is 9.42. The molecule has 1 unspecified atom stereocenters. The van der Waals surface area contributed by atoms with Gasteiger partial charge in [-0.15, -0.1) is 0 Å². The number of benzene rings is 2. The quantitative estimate of drug-likeness (QED) is 0.219. The predicted molar refractivity (Wildman–Crippen MR) is 170 cm³/mol. The average molecular weight is 662 g/mol. The van der Waals surface area contributed by atoms with Gasteiger partial charge in [-0.1, -0.05) is 12.0 Å². The minimum atomic E-state index is -4.46. The highest BCUT2D eigenvalue weighted by molar-refractivity contribution is 7.89. The van der Waals surface area contributed by atoms with E-state index in [0.717, 1.165) is 50.9 Å². The zero-order chi connectivity index (χ0) is 33.1. The third-order valence-electron chi connectivity index (χ3n) is 8.51. The maximum atomic E-state index is 13.7. The third kappa shape index (κ3) is 8.17. The van der Waals surface area contributed by atoms with Gasteiger partial charge in [0.2, 0.25) is 10.0 Å². The Balaban J connectivity index is 1.29. The Morgan fingerprint density at radius 2 is 1.83 bits per heavy atom. The summed E-state index contributed by atoms with van der Waals surface area (Å²) >= 11 is 0. The van der Waals surface area contributed by atoms with Crippen LogP contribution in [0.25, 0.3) is 10.9 Å². The zero-order valence-corrected chi connectivity index (χ0v) is 26.2. The number of aromatic nitrogens is 1. The van der Waals surface area contributed by atoms with Crippen LogP contribution in [0.4, 0.5) is 29.3 Å². The Kier molecular flexibility index (Phi) is 9.90. The number of urea groups is 1. The van der Waals surface area contributed by atoms with Crippen LogP contribution in [0.3, 0.4) is 0 Å². The monoisotopic (exact) mass is 661 g/mol. The topological polar surface area (TPSA) is 157 Å². The largest absolute Gasteiger partial charge is 0.495 e. The molecule has 1 aromatic heterocycles. The van der Waals surface area contributed by atoms with Crippen molar-refractivity contribution in [3.8, 4) is 17.6 Å². The highest BCUT2D eigenvalue weighted by Crippen LogP contribution is 2.33. The minimum Gasteiger partial charge on any atom is -0.495 e. The molecule has 248 valence electrons. The summed E-state index contributed by atoms with van der Waals surface area (Å²) in [5.74, 6) is 5.99. The van der Waals surface area contributed by atoms with Crippen molar-refractivity contribution >= 4 is 38.3 Å². The highest BCUT2D eigenvalue weighted by atomic mass is 32.2. The lowest BCUT2D eigenvalue weighted by atomic mass is 9.90. The number of amides is 2. The lowest BCUT2D eigenvalue weighted by Crippen LogP contribution is -2.43. The number of methoxy groups -OCH3 is 1.